The van der Waals surface area contributed by atoms with Crippen molar-refractivity contribution in [2.24, 2.45) is 4.99 Å². The Morgan fingerprint density at radius 2 is 1.82 bits per heavy atom. The van der Waals surface area contributed by atoms with Crippen molar-refractivity contribution in [3.63, 3.8) is 0 Å². The van der Waals surface area contributed by atoms with Crippen LogP contribution in [0.5, 0.6) is 0 Å². The number of anilines is 1. The van der Waals surface area contributed by atoms with E-state index in [9.17, 15) is 13.2 Å². The van der Waals surface area contributed by atoms with E-state index in [4.69, 9.17) is 23.8 Å². The van der Waals surface area contributed by atoms with E-state index >= 15 is 0 Å². The van der Waals surface area contributed by atoms with E-state index in [0.29, 0.717) is 0 Å². The molecule has 178 valence electrons. The van der Waals surface area contributed by atoms with Gasteiger partial charge in [0.25, 0.3) is 0 Å². The molecule has 0 spiro atoms. The molecule has 1 aliphatic rings. The zero-order valence-corrected chi connectivity index (χ0v) is 20.4. The van der Waals surface area contributed by atoms with Crippen molar-refractivity contribution in [1.82, 2.24) is 10.2 Å². The molecule has 2 aromatic carbocycles. The minimum absolute atomic E-state index is 0.0933. The molecule has 0 bridgehead atoms. The van der Waals surface area contributed by atoms with E-state index in [1.54, 1.807) is 13.4 Å². The number of alkyl halides is 3. The third-order valence-corrected chi connectivity index (χ3v) is 5.58. The van der Waals surface area contributed by atoms with Gasteiger partial charge in [-0.2, -0.15) is 13.2 Å². The third kappa shape index (κ3) is 7.20. The minimum Gasteiger partial charge on any atom is -0.360 e. The summed E-state index contributed by atoms with van der Waals surface area (Å²) in [4.78, 5) is 6.18. The SMILES string of the molecule is C=C(c1ccccc1)N(C=NC)C1CC(NC(=S)Nc2ccc(Cl)c(C(F)(F)F)c2)C1.CC. The van der Waals surface area contributed by atoms with Gasteiger partial charge >= 0.3 is 6.18 Å². The van der Waals surface area contributed by atoms with Crippen molar-refractivity contribution in [1.29, 1.82) is 0 Å². The van der Waals surface area contributed by atoms with Crippen LogP contribution in [0.4, 0.5) is 18.9 Å². The van der Waals surface area contributed by atoms with Crippen molar-refractivity contribution in [3.05, 3.63) is 71.3 Å². The highest BCUT2D eigenvalue weighted by molar-refractivity contribution is 7.80. The average molecular weight is 497 g/mol. The Hall–Kier alpha value is -2.58. The quantitative estimate of drug-likeness (QED) is 0.261. The van der Waals surface area contributed by atoms with E-state index in [2.05, 4.69) is 22.2 Å². The second-order valence-corrected chi connectivity index (χ2v) is 8.02. The molecule has 3 rings (SSSR count). The first-order chi connectivity index (χ1) is 15.7. The van der Waals surface area contributed by atoms with Crippen molar-refractivity contribution in [2.75, 3.05) is 12.4 Å². The Balaban J connectivity index is 0.00000187. The van der Waals surface area contributed by atoms with Gasteiger partial charge in [0.15, 0.2) is 5.11 Å². The number of halogens is 4. The van der Waals surface area contributed by atoms with Gasteiger partial charge in [0.05, 0.1) is 16.9 Å². The molecular formula is C24H28ClF3N4S. The van der Waals surface area contributed by atoms with E-state index in [1.165, 1.54) is 12.1 Å². The van der Waals surface area contributed by atoms with Crippen LogP contribution in [0.25, 0.3) is 5.70 Å². The maximum Gasteiger partial charge on any atom is 0.417 e. The Morgan fingerprint density at radius 3 is 2.39 bits per heavy atom. The lowest BCUT2D eigenvalue weighted by molar-refractivity contribution is -0.137. The average Bonchev–Trinajstić information content (AvgIpc) is 2.77. The van der Waals surface area contributed by atoms with Gasteiger partial charge in [0, 0.05) is 30.5 Å². The van der Waals surface area contributed by atoms with Crippen LogP contribution in [0.1, 0.15) is 37.8 Å². The van der Waals surface area contributed by atoms with Gasteiger partial charge in [-0.15, -0.1) is 0 Å². The first-order valence-corrected chi connectivity index (χ1v) is 11.4. The number of aliphatic imine (C=N–C) groups is 1. The summed E-state index contributed by atoms with van der Waals surface area (Å²) in [7, 11) is 1.71. The molecule has 0 saturated heterocycles. The highest BCUT2D eigenvalue weighted by atomic mass is 35.5. The molecule has 2 aromatic rings. The van der Waals surface area contributed by atoms with Gasteiger partial charge in [-0.1, -0.05) is 62.4 Å². The molecule has 0 aromatic heterocycles. The van der Waals surface area contributed by atoms with E-state index in [-0.39, 0.29) is 27.9 Å². The lowest BCUT2D eigenvalue weighted by Crippen LogP contribution is -2.53. The minimum atomic E-state index is -4.53. The largest absolute Gasteiger partial charge is 0.417 e. The van der Waals surface area contributed by atoms with Crippen molar-refractivity contribution in [2.45, 2.75) is 44.9 Å². The van der Waals surface area contributed by atoms with Gasteiger partial charge in [0.2, 0.25) is 0 Å². The van der Waals surface area contributed by atoms with Gasteiger partial charge in [-0.05, 0) is 48.8 Å². The van der Waals surface area contributed by atoms with Gasteiger partial charge < -0.3 is 15.5 Å². The fraction of sp³-hybridized carbons (Fsp3) is 0.333. The van der Waals surface area contributed by atoms with Gasteiger partial charge in [-0.25, -0.2) is 0 Å². The second kappa shape index (κ2) is 12.0. The van der Waals surface area contributed by atoms with Crippen molar-refractivity contribution >= 4 is 46.7 Å². The summed E-state index contributed by atoms with van der Waals surface area (Å²) in [5, 5.41) is 5.86. The predicted molar refractivity (Wildman–Crippen MR) is 136 cm³/mol. The van der Waals surface area contributed by atoms with Crippen LogP contribution < -0.4 is 10.6 Å². The number of thiocarbonyl (C=S) groups is 1. The molecule has 0 heterocycles. The molecule has 0 unspecified atom stereocenters. The first-order valence-electron chi connectivity index (χ1n) is 10.6. The van der Waals surface area contributed by atoms with E-state index in [0.717, 1.165) is 30.2 Å². The highest BCUT2D eigenvalue weighted by Crippen LogP contribution is 2.36. The molecule has 33 heavy (non-hydrogen) atoms. The summed E-state index contributed by atoms with van der Waals surface area (Å²) < 4.78 is 39.1. The Morgan fingerprint density at radius 1 is 1.18 bits per heavy atom. The molecule has 0 atom stereocenters. The van der Waals surface area contributed by atoms with E-state index < -0.39 is 11.7 Å². The van der Waals surface area contributed by atoms with Crippen LogP contribution in [0.15, 0.2) is 60.1 Å². The molecule has 1 saturated carbocycles. The fourth-order valence-electron chi connectivity index (χ4n) is 3.39. The van der Waals surface area contributed by atoms with Crippen molar-refractivity contribution in [3.8, 4) is 0 Å². The lowest BCUT2D eigenvalue weighted by Gasteiger charge is -2.43. The Bertz CT molecular complexity index is 973. The smallest absolute Gasteiger partial charge is 0.360 e. The molecule has 0 aliphatic heterocycles. The van der Waals surface area contributed by atoms with Crippen LogP contribution in [-0.4, -0.2) is 35.5 Å². The summed E-state index contributed by atoms with van der Waals surface area (Å²) in [6, 6.07) is 13.7. The predicted octanol–water partition coefficient (Wildman–Crippen LogP) is 6.83. The summed E-state index contributed by atoms with van der Waals surface area (Å²) >= 11 is 10.9. The number of hydrogen-bond donors (Lipinski definition) is 2. The van der Waals surface area contributed by atoms with Gasteiger partial charge in [0.1, 0.15) is 0 Å². The third-order valence-electron chi connectivity index (χ3n) is 5.03. The Kier molecular flexibility index (Phi) is 9.73. The maximum absolute atomic E-state index is 13.0. The number of nitrogens with one attached hydrogen (secondary N) is 2. The molecular weight excluding hydrogens is 469 g/mol. The molecule has 2 N–H and O–H groups in total. The van der Waals surface area contributed by atoms with Crippen LogP contribution in [-0.2, 0) is 6.18 Å². The number of hydrogen-bond acceptors (Lipinski definition) is 2. The Labute approximate surface area is 203 Å². The standard InChI is InChI=1S/C22H22ClF3N4S.C2H6/c1-14(15-6-4-3-5-7-15)30(13-27-2)18-10-17(11-18)29-21(31)28-16-8-9-20(23)19(12-16)22(24,25)26;1-2/h3-9,12-13,17-18H,1,10-11H2,2H3,(H2,28,29,31);1-2H3. The van der Waals surface area contributed by atoms with Crippen LogP contribution in [0, 0.1) is 0 Å². The summed E-state index contributed by atoms with van der Waals surface area (Å²) in [5.41, 5.74) is 1.19. The normalized spacial score (nSPS) is 17.4. The molecule has 0 amide bonds. The van der Waals surface area contributed by atoms with E-state index in [1.807, 2.05) is 49.1 Å². The first kappa shape index (κ1) is 26.7. The van der Waals surface area contributed by atoms with Crippen molar-refractivity contribution < 1.29 is 13.2 Å². The molecule has 9 heteroatoms. The van der Waals surface area contributed by atoms with Crippen LogP contribution in [0.3, 0.4) is 0 Å². The zero-order valence-electron chi connectivity index (χ0n) is 18.8. The summed E-state index contributed by atoms with van der Waals surface area (Å²) in [5.74, 6) is 0. The topological polar surface area (TPSA) is 39.7 Å². The molecule has 1 fully saturated rings. The van der Waals surface area contributed by atoms with Crippen LogP contribution >= 0.6 is 23.8 Å². The number of nitrogens with zero attached hydrogens (tertiary/aromatic N) is 2. The van der Waals surface area contributed by atoms with Gasteiger partial charge in [-0.3, -0.25) is 4.99 Å². The monoisotopic (exact) mass is 496 g/mol. The maximum atomic E-state index is 13.0. The highest BCUT2D eigenvalue weighted by Gasteiger charge is 2.35. The molecule has 1 aliphatic carbocycles. The lowest BCUT2D eigenvalue weighted by atomic mass is 9.85. The number of benzene rings is 2. The zero-order chi connectivity index (χ0) is 24.6. The fourth-order valence-corrected chi connectivity index (χ4v) is 3.90. The summed E-state index contributed by atoms with van der Waals surface area (Å²) in [6.07, 6.45) is -1.20. The molecule has 4 nitrogen and oxygen atoms in total. The summed E-state index contributed by atoms with van der Waals surface area (Å²) in [6.45, 7) is 8.20. The molecule has 0 radical (unpaired) electrons. The second-order valence-electron chi connectivity index (χ2n) is 7.21. The number of rotatable bonds is 6. The van der Waals surface area contributed by atoms with Crippen LogP contribution in [0.2, 0.25) is 5.02 Å².